The molecular weight excluding hydrogens is 447 g/mol. The van der Waals surface area contributed by atoms with E-state index >= 15 is 0 Å². The molecule has 0 aromatic heterocycles. The summed E-state index contributed by atoms with van der Waals surface area (Å²) in [4.78, 5) is 34.2. The molecule has 2 aliphatic heterocycles. The zero-order valence-electron chi connectivity index (χ0n) is 17.2. The summed E-state index contributed by atoms with van der Waals surface area (Å²) in [6.07, 6.45) is -0.00804. The number of halogens is 2. The van der Waals surface area contributed by atoms with Gasteiger partial charge >= 0.3 is 0 Å². The van der Waals surface area contributed by atoms with Crippen molar-refractivity contribution >= 4 is 46.4 Å². The van der Waals surface area contributed by atoms with Crippen LogP contribution in [0.3, 0.4) is 0 Å². The smallest absolute Gasteiger partial charge is 0.266 e. The zero-order valence-corrected chi connectivity index (χ0v) is 18.8. The number of carbonyl (C=O) groups excluding carboxylic acids is 2. The predicted octanol–water partition coefficient (Wildman–Crippen LogP) is 5.61. The lowest BCUT2D eigenvalue weighted by Crippen LogP contribution is -2.37. The molecule has 3 aromatic rings. The minimum absolute atomic E-state index is 0.278. The Morgan fingerprint density at radius 3 is 2.22 bits per heavy atom. The molecule has 2 fully saturated rings. The largest absolute Gasteiger partial charge is 0.273 e. The van der Waals surface area contributed by atoms with Crippen LogP contribution in [0.15, 0.2) is 72.8 Å². The summed E-state index contributed by atoms with van der Waals surface area (Å²) in [7, 11) is 0. The Bertz CT molecular complexity index is 1180. The van der Waals surface area contributed by atoms with Crippen molar-refractivity contribution in [2.24, 2.45) is 5.92 Å². The van der Waals surface area contributed by atoms with E-state index in [0.717, 1.165) is 22.6 Å². The molecule has 0 radical (unpaired) electrons. The number of rotatable bonds is 4. The van der Waals surface area contributed by atoms with Crippen LogP contribution < -0.4 is 9.96 Å². The molecule has 2 saturated heterocycles. The molecule has 5 nitrogen and oxygen atoms in total. The van der Waals surface area contributed by atoms with Gasteiger partial charge in [-0.05, 0) is 47.9 Å². The maximum Gasteiger partial charge on any atom is 0.266 e. The van der Waals surface area contributed by atoms with Gasteiger partial charge in [-0.15, -0.1) is 0 Å². The van der Waals surface area contributed by atoms with Gasteiger partial charge in [0.15, 0.2) is 6.10 Å². The van der Waals surface area contributed by atoms with E-state index in [9.17, 15) is 9.59 Å². The third-order valence-electron chi connectivity index (χ3n) is 6.02. The summed E-state index contributed by atoms with van der Waals surface area (Å²) < 4.78 is 0. The van der Waals surface area contributed by atoms with Gasteiger partial charge in [0.1, 0.15) is 5.92 Å². The third kappa shape index (κ3) is 3.37. The van der Waals surface area contributed by atoms with E-state index in [2.05, 4.69) is 6.92 Å². The number of imide groups is 1. The number of anilines is 2. The number of para-hydroxylation sites is 1. The summed E-state index contributed by atoms with van der Waals surface area (Å²) in [5.74, 6) is -1.42. The van der Waals surface area contributed by atoms with Crippen molar-refractivity contribution in [3.05, 3.63) is 94.0 Å². The summed E-state index contributed by atoms with van der Waals surface area (Å²) in [6, 6.07) is 21.9. The molecule has 0 saturated carbocycles. The second kappa shape index (κ2) is 8.24. The Morgan fingerprint density at radius 2 is 1.56 bits per heavy atom. The molecule has 5 rings (SSSR count). The lowest BCUT2D eigenvalue weighted by molar-refractivity contribution is -0.126. The molecule has 2 heterocycles. The highest BCUT2D eigenvalue weighted by Crippen LogP contribution is 2.47. The Kier molecular flexibility index (Phi) is 5.41. The normalized spacial score (nSPS) is 22.5. The van der Waals surface area contributed by atoms with Gasteiger partial charge in [0.05, 0.1) is 27.5 Å². The van der Waals surface area contributed by atoms with Gasteiger partial charge in [-0.25, -0.2) is 9.96 Å². The average molecular weight is 467 g/mol. The first-order valence-electron chi connectivity index (χ1n) is 10.4. The van der Waals surface area contributed by atoms with Crippen LogP contribution in [0.1, 0.15) is 24.1 Å². The molecule has 0 unspecified atom stereocenters. The van der Waals surface area contributed by atoms with E-state index in [4.69, 9.17) is 28.0 Å². The van der Waals surface area contributed by atoms with Crippen LogP contribution in [0, 0.1) is 5.92 Å². The van der Waals surface area contributed by atoms with Crippen LogP contribution in [-0.4, -0.2) is 17.9 Å². The third-order valence-corrected chi connectivity index (χ3v) is 6.76. The number of hydrogen-bond acceptors (Lipinski definition) is 4. The number of carbonyl (C=O) groups is 2. The van der Waals surface area contributed by atoms with Crippen LogP contribution >= 0.6 is 23.2 Å². The van der Waals surface area contributed by atoms with Crippen molar-refractivity contribution in [3.63, 3.8) is 0 Å². The first-order chi connectivity index (χ1) is 15.5. The summed E-state index contributed by atoms with van der Waals surface area (Å²) >= 11 is 12.2. The molecule has 0 bridgehead atoms. The monoisotopic (exact) mass is 466 g/mol. The lowest BCUT2D eigenvalue weighted by Gasteiger charge is -2.29. The minimum Gasteiger partial charge on any atom is -0.273 e. The average Bonchev–Trinajstić information content (AvgIpc) is 3.32. The number of aryl methyl sites for hydroxylation is 1. The van der Waals surface area contributed by atoms with E-state index < -0.39 is 24.0 Å². The molecule has 0 N–H and O–H groups in total. The van der Waals surface area contributed by atoms with Crippen molar-refractivity contribution in [2.75, 3.05) is 9.96 Å². The Labute approximate surface area is 196 Å². The van der Waals surface area contributed by atoms with Gasteiger partial charge in [-0.2, -0.15) is 0 Å². The lowest BCUT2D eigenvalue weighted by atomic mass is 9.90. The van der Waals surface area contributed by atoms with Crippen molar-refractivity contribution in [3.8, 4) is 0 Å². The maximum absolute atomic E-state index is 13.6. The second-order valence-electron chi connectivity index (χ2n) is 7.86. The van der Waals surface area contributed by atoms with Crippen molar-refractivity contribution in [1.82, 2.24) is 0 Å². The number of hydroxylamine groups is 1. The fourth-order valence-electron chi connectivity index (χ4n) is 4.38. The molecule has 7 heteroatoms. The van der Waals surface area contributed by atoms with Crippen LogP contribution in [0.2, 0.25) is 10.0 Å². The first-order valence-corrected chi connectivity index (χ1v) is 11.2. The van der Waals surface area contributed by atoms with Gasteiger partial charge in [0.2, 0.25) is 5.91 Å². The summed E-state index contributed by atoms with van der Waals surface area (Å²) in [5.41, 5.74) is 3.28. The second-order valence-corrected chi connectivity index (χ2v) is 8.68. The highest BCUT2D eigenvalue weighted by atomic mass is 35.5. The summed E-state index contributed by atoms with van der Waals surface area (Å²) in [6.45, 7) is 2.09. The molecule has 0 aliphatic carbocycles. The van der Waals surface area contributed by atoms with Crippen LogP contribution in [0.25, 0.3) is 0 Å². The molecule has 2 amide bonds. The molecule has 3 atom stereocenters. The van der Waals surface area contributed by atoms with Gasteiger partial charge in [-0.1, -0.05) is 72.6 Å². The standard InChI is InChI=1S/C25H20Cl2N2O3/c1-2-15-8-10-16(11-9-15)22-21-23(32-29(22)17-6-4-3-5-7-17)25(31)28(24(21)30)18-12-13-19(26)20(27)14-18/h3-14,21-23H,2H2,1H3/t21-,22-,23-/m1/s1. The van der Waals surface area contributed by atoms with Gasteiger partial charge in [0, 0.05) is 0 Å². The molecule has 3 aromatic carbocycles. The van der Waals surface area contributed by atoms with Gasteiger partial charge < -0.3 is 0 Å². The molecule has 0 spiro atoms. The van der Waals surface area contributed by atoms with E-state index in [1.165, 1.54) is 11.6 Å². The number of hydrogen-bond donors (Lipinski definition) is 0. The van der Waals surface area contributed by atoms with E-state index in [0.29, 0.717) is 10.7 Å². The van der Waals surface area contributed by atoms with Crippen LogP contribution in [0.4, 0.5) is 11.4 Å². The minimum atomic E-state index is -0.923. The van der Waals surface area contributed by atoms with Crippen LogP contribution in [-0.2, 0) is 20.8 Å². The zero-order chi connectivity index (χ0) is 22.4. The molecule has 2 aliphatic rings. The number of nitrogens with zero attached hydrogens (tertiary/aromatic N) is 2. The fraction of sp³-hybridized carbons (Fsp3) is 0.200. The molecule has 32 heavy (non-hydrogen) atoms. The Balaban J connectivity index is 1.57. The van der Waals surface area contributed by atoms with Gasteiger partial charge in [-0.3, -0.25) is 14.4 Å². The number of amides is 2. The highest BCUT2D eigenvalue weighted by molar-refractivity contribution is 6.42. The number of fused-ring (bicyclic) bond motifs is 1. The summed E-state index contributed by atoms with van der Waals surface area (Å²) in [5, 5.41) is 2.33. The quantitative estimate of drug-likeness (QED) is 0.469. The van der Waals surface area contributed by atoms with Crippen LogP contribution in [0.5, 0.6) is 0 Å². The topological polar surface area (TPSA) is 49.9 Å². The fourth-order valence-corrected chi connectivity index (χ4v) is 4.67. The Morgan fingerprint density at radius 1 is 0.844 bits per heavy atom. The highest BCUT2D eigenvalue weighted by Gasteiger charge is 2.60. The van der Waals surface area contributed by atoms with Crippen molar-refractivity contribution in [2.45, 2.75) is 25.5 Å². The SMILES string of the molecule is CCc1ccc([C@@H]2[C@H]3C(=O)N(c4ccc(Cl)c(Cl)c4)C(=O)[C@@H]3ON2c2ccccc2)cc1. The van der Waals surface area contributed by atoms with Crippen molar-refractivity contribution in [1.29, 1.82) is 0 Å². The van der Waals surface area contributed by atoms with E-state index in [-0.39, 0.29) is 10.9 Å². The Hall–Kier alpha value is -2.86. The van der Waals surface area contributed by atoms with Crippen molar-refractivity contribution < 1.29 is 14.4 Å². The van der Waals surface area contributed by atoms with E-state index in [1.54, 1.807) is 17.2 Å². The first kappa shape index (κ1) is 21.0. The van der Waals surface area contributed by atoms with Gasteiger partial charge in [0.25, 0.3) is 5.91 Å². The molecule has 162 valence electrons. The molecular formula is C25H20Cl2N2O3. The number of benzene rings is 3. The predicted molar refractivity (Wildman–Crippen MR) is 125 cm³/mol. The van der Waals surface area contributed by atoms with E-state index in [1.807, 2.05) is 54.6 Å². The maximum atomic E-state index is 13.6.